The van der Waals surface area contributed by atoms with Crippen LogP contribution in [-0.4, -0.2) is 75.4 Å². The maximum Gasteiger partial charge on any atom is 0.302 e. The monoisotopic (exact) mass is 950 g/mol. The Hall–Kier alpha value is -6.13. The Morgan fingerprint density at radius 3 is 2.67 bits per heavy atom. The molecule has 0 radical (unpaired) electrons. The molecule has 1 saturated carbocycles. The summed E-state index contributed by atoms with van der Waals surface area (Å²) in [4.78, 5) is 12.7. The van der Waals surface area contributed by atoms with Crippen LogP contribution >= 0.6 is 0 Å². The molecule has 7 atom stereocenters. The normalized spacial score (nSPS) is 23.1. The third kappa shape index (κ3) is 9.94. The van der Waals surface area contributed by atoms with Gasteiger partial charge < -0.3 is 56.2 Å². The lowest BCUT2D eigenvalue weighted by Crippen LogP contribution is -2.39. The van der Waals surface area contributed by atoms with Crippen LogP contribution in [0.1, 0.15) is 105 Å². The Balaban J connectivity index is 1.24. The van der Waals surface area contributed by atoms with Crippen molar-refractivity contribution in [2.24, 2.45) is 23.5 Å². The molecule has 0 amide bonds. The highest BCUT2D eigenvalue weighted by Crippen LogP contribution is 2.63. The summed E-state index contributed by atoms with van der Waals surface area (Å²) in [6, 6.07) is 20.2. The predicted molar refractivity (Wildman–Crippen MR) is 276 cm³/mol. The van der Waals surface area contributed by atoms with Crippen molar-refractivity contribution in [3.8, 4) is 51.7 Å². The van der Waals surface area contributed by atoms with Gasteiger partial charge in [-0.2, -0.15) is 0 Å². The number of hydrogen-bond acceptors (Lipinski definition) is 12. The van der Waals surface area contributed by atoms with Gasteiger partial charge in [-0.05, 0) is 147 Å². The number of anilines is 1. The van der Waals surface area contributed by atoms with Crippen LogP contribution in [-0.2, 0) is 34.2 Å². The Morgan fingerprint density at radius 1 is 1.04 bits per heavy atom. The number of hydrogen-bond donors (Lipinski definition) is 7. The SMILES string of the molecule is CCNc1ccccc1CC[C@H]1C2=C(C#CCc3cc(O)c(O[C@H](CNC)CNCCC(C)C)cc3[C@H]3Oc4c(ccc5c4[C@]4(CC[C@@H]1C4)Cc1cc(O)cc(OC)c1-5)[C@@H]3COC(C)=O)NC(N)C=C2. The fraction of sp³-hybridized carbons (Fsp3) is 0.466. The number of para-hydroxylation sites is 1. The average molecular weight is 950 g/mol. The van der Waals surface area contributed by atoms with E-state index >= 15 is 0 Å². The molecule has 5 aliphatic rings. The van der Waals surface area contributed by atoms with Crippen molar-refractivity contribution in [2.45, 2.75) is 109 Å². The minimum absolute atomic E-state index is 0.00736. The first kappa shape index (κ1) is 48.9. The lowest BCUT2D eigenvalue weighted by molar-refractivity contribution is -0.141. The molecule has 70 heavy (non-hydrogen) atoms. The molecule has 4 bridgehead atoms. The number of phenols is 2. The summed E-state index contributed by atoms with van der Waals surface area (Å²) in [5.74, 6) is 9.17. The van der Waals surface area contributed by atoms with Crippen molar-refractivity contribution in [3.63, 3.8) is 0 Å². The van der Waals surface area contributed by atoms with Crippen molar-refractivity contribution < 1.29 is 34.0 Å². The number of fused-ring (bicyclic) bond motifs is 6. The van der Waals surface area contributed by atoms with Crippen LogP contribution in [0.25, 0.3) is 11.1 Å². The zero-order valence-electron chi connectivity index (χ0n) is 41.7. The molecule has 1 fully saturated rings. The zero-order chi connectivity index (χ0) is 49.1. The van der Waals surface area contributed by atoms with Gasteiger partial charge in [0.25, 0.3) is 0 Å². The number of ether oxygens (including phenoxy) is 4. The number of carbonyl (C=O) groups excluding carboxylic acids is 1. The molecule has 370 valence electrons. The van der Waals surface area contributed by atoms with Crippen molar-refractivity contribution in [2.75, 3.05) is 52.3 Å². The fourth-order valence-electron chi connectivity index (χ4n) is 12.1. The molecule has 1 spiro atoms. The van der Waals surface area contributed by atoms with Crippen molar-refractivity contribution in [3.05, 3.63) is 117 Å². The van der Waals surface area contributed by atoms with Crippen LogP contribution in [0, 0.1) is 29.6 Å². The number of methoxy groups -OCH3 is 1. The Bertz CT molecular complexity index is 2720. The van der Waals surface area contributed by atoms with Gasteiger partial charge >= 0.3 is 5.97 Å². The maximum absolute atomic E-state index is 12.7. The van der Waals surface area contributed by atoms with Crippen LogP contribution < -0.4 is 41.2 Å². The molecule has 3 heterocycles. The number of allylic oxidation sites excluding steroid dienone is 3. The van der Waals surface area contributed by atoms with Crippen molar-refractivity contribution in [1.29, 1.82) is 0 Å². The second-order valence-electron chi connectivity index (χ2n) is 20.4. The van der Waals surface area contributed by atoms with Gasteiger partial charge in [-0.1, -0.05) is 56.2 Å². The highest BCUT2D eigenvalue weighted by Gasteiger charge is 2.52. The van der Waals surface area contributed by atoms with Crippen LogP contribution in [0.15, 0.2) is 84.1 Å². The molecule has 9 rings (SSSR count). The smallest absolute Gasteiger partial charge is 0.302 e. The van der Waals surface area contributed by atoms with E-state index in [0.29, 0.717) is 36.9 Å². The third-order valence-corrected chi connectivity index (χ3v) is 15.2. The molecule has 0 saturated heterocycles. The van der Waals surface area contributed by atoms with Crippen LogP contribution in [0.4, 0.5) is 5.69 Å². The summed E-state index contributed by atoms with van der Waals surface area (Å²) in [7, 11) is 3.55. The number of esters is 1. The molecule has 1 unspecified atom stereocenters. The highest BCUT2D eigenvalue weighted by atomic mass is 16.5. The molecule has 8 N–H and O–H groups in total. The van der Waals surface area contributed by atoms with Gasteiger partial charge in [-0.3, -0.25) is 4.79 Å². The molecular formula is C58H71N5O7. The number of aromatic hydroxyl groups is 2. The maximum atomic E-state index is 12.7. The van der Waals surface area contributed by atoms with E-state index in [-0.39, 0.29) is 53.9 Å². The number of phenolic OH excluding ortho intramolecular Hbond substituents is 2. The quantitative estimate of drug-likeness (QED) is 0.0306. The Morgan fingerprint density at radius 2 is 1.89 bits per heavy atom. The number of nitrogens with two attached hydrogens (primary N) is 1. The first-order chi connectivity index (χ1) is 33.9. The molecule has 2 aliphatic carbocycles. The van der Waals surface area contributed by atoms with Crippen molar-refractivity contribution >= 4 is 11.7 Å². The summed E-state index contributed by atoms with van der Waals surface area (Å²) in [5, 5.41) is 37.0. The van der Waals surface area contributed by atoms with Crippen LogP contribution in [0.3, 0.4) is 0 Å². The standard InChI is InChI=1S/C58H71N5O7/c1-7-62-48-13-9-8-11-36(48)15-16-42-38-21-23-58(29-38)30-39-25-40(65)27-52(67-6)54(39)45-18-17-44-47(33-68-35(4)64)56(70-57(44)55(45)58)46-28-51(69-41(31-60-5)32-61-24-22-34(2)3)50(66)26-37(46)12-10-14-49-43(42)19-20-53(59)63-49/h8-9,11,13,17-20,25-28,34,38,41-42,47,53,56,60-63,65-66H,7,12,15-16,21-24,29-33,59H2,1-6H3/t38-,41-,42-,47+,53?,56-,58+/m1/s1. The number of nitrogens with one attached hydrogen (secondary N) is 4. The topological polar surface area (TPSA) is 169 Å². The van der Waals surface area contributed by atoms with Gasteiger partial charge in [0.15, 0.2) is 11.5 Å². The Kier molecular flexibility index (Phi) is 14.7. The summed E-state index contributed by atoms with van der Waals surface area (Å²) < 4.78 is 26.2. The van der Waals surface area contributed by atoms with E-state index in [4.69, 9.17) is 24.7 Å². The number of dihydropyridines is 1. The molecular weight excluding hydrogens is 879 g/mol. The molecule has 3 aliphatic heterocycles. The summed E-state index contributed by atoms with van der Waals surface area (Å²) in [6.07, 6.45) is 9.39. The van der Waals surface area contributed by atoms with E-state index in [9.17, 15) is 15.0 Å². The van der Waals surface area contributed by atoms with E-state index in [1.807, 2.05) is 25.3 Å². The molecule has 12 heteroatoms. The third-order valence-electron chi connectivity index (χ3n) is 15.2. The van der Waals surface area contributed by atoms with Gasteiger partial charge in [0, 0.05) is 72.4 Å². The lowest BCUT2D eigenvalue weighted by atomic mass is 9.64. The number of benzene rings is 4. The van der Waals surface area contributed by atoms with E-state index in [1.54, 1.807) is 19.2 Å². The summed E-state index contributed by atoms with van der Waals surface area (Å²) >= 11 is 0. The molecule has 4 aromatic carbocycles. The second-order valence-corrected chi connectivity index (χ2v) is 20.4. The van der Waals surface area contributed by atoms with E-state index in [1.165, 1.54) is 12.5 Å². The first-order valence-corrected chi connectivity index (χ1v) is 25.4. The van der Waals surface area contributed by atoms with Crippen LogP contribution in [0.2, 0.25) is 0 Å². The van der Waals surface area contributed by atoms with Gasteiger partial charge in [0.05, 0.1) is 24.9 Å². The molecule has 12 nitrogen and oxygen atoms in total. The van der Waals surface area contributed by atoms with Gasteiger partial charge in [0.2, 0.25) is 0 Å². The van der Waals surface area contributed by atoms with E-state index in [2.05, 4.69) is 96.4 Å². The minimum atomic E-state index is -0.626. The van der Waals surface area contributed by atoms with Crippen LogP contribution in [0.5, 0.6) is 28.7 Å². The number of carbonyl (C=O) groups is 1. The Labute approximate surface area is 413 Å². The van der Waals surface area contributed by atoms with Gasteiger partial charge in [-0.15, -0.1) is 0 Å². The number of aryl methyl sites for hydroxylation is 1. The summed E-state index contributed by atoms with van der Waals surface area (Å²) in [5.41, 5.74) is 17.3. The largest absolute Gasteiger partial charge is 0.508 e. The van der Waals surface area contributed by atoms with Crippen molar-refractivity contribution in [1.82, 2.24) is 16.0 Å². The predicted octanol–water partition coefficient (Wildman–Crippen LogP) is 8.69. The number of likely N-dealkylation sites (N-methyl/N-ethyl adjacent to an activating group) is 1. The van der Waals surface area contributed by atoms with E-state index < -0.39 is 18.2 Å². The average Bonchev–Trinajstić information content (AvgIpc) is 3.92. The zero-order valence-corrected chi connectivity index (χ0v) is 41.7. The highest BCUT2D eigenvalue weighted by molar-refractivity contribution is 5.84. The number of rotatable bonds is 17. The summed E-state index contributed by atoms with van der Waals surface area (Å²) in [6.45, 7) is 10.9. The molecule has 4 aromatic rings. The minimum Gasteiger partial charge on any atom is -0.508 e. The van der Waals surface area contributed by atoms with E-state index in [0.717, 1.165) is 113 Å². The second kappa shape index (κ2) is 21.1. The first-order valence-electron chi connectivity index (χ1n) is 25.4. The molecule has 0 aromatic heterocycles. The van der Waals surface area contributed by atoms with Gasteiger partial charge in [0.1, 0.15) is 36.1 Å². The fourth-order valence-corrected chi connectivity index (χ4v) is 12.1. The van der Waals surface area contributed by atoms with Gasteiger partial charge in [-0.25, -0.2) is 0 Å². The lowest BCUT2D eigenvalue weighted by Gasteiger charge is -2.40.